The van der Waals surface area contributed by atoms with Gasteiger partial charge in [0.25, 0.3) is 5.69 Å². The van der Waals surface area contributed by atoms with Gasteiger partial charge in [-0.05, 0) is 29.5 Å². The summed E-state index contributed by atoms with van der Waals surface area (Å²) >= 11 is 5.45. The van der Waals surface area contributed by atoms with Crippen LogP contribution in [0.15, 0.2) is 47.5 Å². The maximum Gasteiger partial charge on any atom is 0.344 e. The van der Waals surface area contributed by atoms with Gasteiger partial charge in [0, 0.05) is 30.0 Å². The lowest BCUT2D eigenvalue weighted by molar-refractivity contribution is -0.385. The van der Waals surface area contributed by atoms with E-state index in [2.05, 4.69) is 35.6 Å². The van der Waals surface area contributed by atoms with Gasteiger partial charge in [0.05, 0.1) is 24.3 Å². The van der Waals surface area contributed by atoms with E-state index in [1.54, 1.807) is 24.7 Å². The fourth-order valence-electron chi connectivity index (χ4n) is 3.89. The smallest absolute Gasteiger partial charge is 0.344 e. The summed E-state index contributed by atoms with van der Waals surface area (Å²) in [6, 6.07) is 12.3. The van der Waals surface area contributed by atoms with E-state index in [-0.39, 0.29) is 35.4 Å². The van der Waals surface area contributed by atoms with Crippen LogP contribution in [0.4, 0.5) is 5.69 Å². The molecule has 3 aromatic rings. The SMILES string of the molecule is COC(=O)c1ccc(CC(=S)CN=C(C)c2nn(C)c(-c3ccc(C(C)(C)C)cc3)c2O)cc1[N+](=O)[O-]. The number of aromatic hydroxyl groups is 1. The number of hydrogen-bond acceptors (Lipinski definition) is 8. The zero-order valence-electron chi connectivity index (χ0n) is 21.7. The molecule has 9 nitrogen and oxygen atoms in total. The second-order valence-electron chi connectivity index (χ2n) is 9.71. The van der Waals surface area contributed by atoms with Crippen molar-refractivity contribution >= 4 is 34.5 Å². The highest BCUT2D eigenvalue weighted by Crippen LogP contribution is 2.33. The van der Waals surface area contributed by atoms with Gasteiger partial charge in [-0.15, -0.1) is 0 Å². The van der Waals surface area contributed by atoms with Crippen molar-refractivity contribution in [2.75, 3.05) is 13.7 Å². The zero-order valence-corrected chi connectivity index (χ0v) is 22.5. The number of benzene rings is 2. The van der Waals surface area contributed by atoms with Gasteiger partial charge in [0.15, 0.2) is 5.75 Å². The largest absolute Gasteiger partial charge is 0.504 e. The molecule has 0 aliphatic rings. The molecular formula is C27H30N4O5S. The van der Waals surface area contributed by atoms with Gasteiger partial charge >= 0.3 is 5.97 Å². The van der Waals surface area contributed by atoms with Crippen molar-refractivity contribution in [3.05, 3.63) is 75.0 Å². The molecule has 10 heteroatoms. The third-order valence-corrected chi connectivity index (χ3v) is 6.22. The number of carbonyl (C=O) groups excluding carboxylic acids is 1. The van der Waals surface area contributed by atoms with Gasteiger partial charge < -0.3 is 9.84 Å². The van der Waals surface area contributed by atoms with Gasteiger partial charge in [-0.2, -0.15) is 5.10 Å². The first-order chi connectivity index (χ1) is 17.3. The van der Waals surface area contributed by atoms with Crippen LogP contribution in [0.3, 0.4) is 0 Å². The Kier molecular flexibility index (Phi) is 8.22. The van der Waals surface area contributed by atoms with Crippen molar-refractivity contribution in [2.45, 2.75) is 39.5 Å². The Morgan fingerprint density at radius 3 is 2.43 bits per heavy atom. The first-order valence-corrected chi connectivity index (χ1v) is 12.0. The van der Waals surface area contributed by atoms with Gasteiger partial charge in [-0.1, -0.05) is 63.3 Å². The molecule has 37 heavy (non-hydrogen) atoms. The molecule has 1 aromatic heterocycles. The molecular weight excluding hydrogens is 492 g/mol. The molecule has 0 aliphatic carbocycles. The summed E-state index contributed by atoms with van der Waals surface area (Å²) in [5.41, 5.74) is 3.64. The average molecular weight is 523 g/mol. The molecule has 1 heterocycles. The summed E-state index contributed by atoms with van der Waals surface area (Å²) < 4.78 is 6.23. The quantitative estimate of drug-likeness (QED) is 0.142. The van der Waals surface area contributed by atoms with Crippen LogP contribution in [-0.4, -0.2) is 50.0 Å². The Hall–Kier alpha value is -3.92. The van der Waals surface area contributed by atoms with Crippen molar-refractivity contribution in [1.82, 2.24) is 9.78 Å². The van der Waals surface area contributed by atoms with Crippen LogP contribution in [0.25, 0.3) is 11.3 Å². The number of nitro groups is 1. The second kappa shape index (κ2) is 11.0. The Labute approximate surface area is 221 Å². The molecule has 0 atom stereocenters. The van der Waals surface area contributed by atoms with Crippen molar-refractivity contribution in [3.63, 3.8) is 0 Å². The highest BCUT2D eigenvalue weighted by Gasteiger charge is 2.22. The van der Waals surface area contributed by atoms with E-state index >= 15 is 0 Å². The molecule has 0 aliphatic heterocycles. The molecule has 0 fully saturated rings. The van der Waals surface area contributed by atoms with E-state index in [0.29, 0.717) is 27.5 Å². The third-order valence-electron chi connectivity index (χ3n) is 5.95. The van der Waals surface area contributed by atoms with Crippen LogP contribution >= 0.6 is 12.2 Å². The van der Waals surface area contributed by atoms with Gasteiger partial charge in [0.1, 0.15) is 17.0 Å². The van der Waals surface area contributed by atoms with Crippen LogP contribution < -0.4 is 0 Å². The highest BCUT2D eigenvalue weighted by atomic mass is 32.1. The van der Waals surface area contributed by atoms with Gasteiger partial charge in [-0.25, -0.2) is 4.79 Å². The minimum Gasteiger partial charge on any atom is -0.504 e. The minimum atomic E-state index is -0.777. The van der Waals surface area contributed by atoms with Crippen LogP contribution in [0.5, 0.6) is 5.75 Å². The number of methoxy groups -OCH3 is 1. The number of ether oxygens (including phenoxy) is 1. The summed E-state index contributed by atoms with van der Waals surface area (Å²) in [5.74, 6) is -0.743. The maximum absolute atomic E-state index is 11.8. The molecule has 194 valence electrons. The number of hydrogen-bond donors (Lipinski definition) is 1. The predicted octanol–water partition coefficient (Wildman–Crippen LogP) is 5.21. The van der Waals surface area contributed by atoms with E-state index in [1.807, 2.05) is 24.3 Å². The predicted molar refractivity (Wildman–Crippen MR) is 147 cm³/mol. The topological polar surface area (TPSA) is 120 Å². The van der Waals surface area contributed by atoms with E-state index in [0.717, 1.165) is 5.56 Å². The maximum atomic E-state index is 11.8. The molecule has 1 N–H and O–H groups in total. The number of aryl methyl sites for hydroxylation is 1. The monoisotopic (exact) mass is 522 g/mol. The molecule has 0 saturated carbocycles. The Morgan fingerprint density at radius 1 is 1.22 bits per heavy atom. The standard InChI is InChI=1S/C27H30N4O5S/c1-16(23-25(32)24(30(5)29-23)18-8-10-19(11-9-18)27(2,3)4)28-15-20(37)13-17-7-12-21(26(33)36-6)22(14-17)31(34)35/h7-12,14,32H,13,15H2,1-6H3. The zero-order chi connectivity index (χ0) is 27.5. The molecule has 0 radical (unpaired) electrons. The van der Waals surface area contributed by atoms with E-state index in [9.17, 15) is 20.0 Å². The fraction of sp³-hybridized carbons (Fsp3) is 0.333. The van der Waals surface area contributed by atoms with Crippen molar-refractivity contribution in [2.24, 2.45) is 12.0 Å². The Morgan fingerprint density at radius 2 is 1.86 bits per heavy atom. The number of aliphatic imine (C=N–C) groups is 1. The van der Waals surface area contributed by atoms with Crippen LogP contribution in [0.1, 0.15) is 54.9 Å². The number of carbonyl (C=O) groups is 1. The van der Waals surface area contributed by atoms with Crippen LogP contribution in [0, 0.1) is 10.1 Å². The minimum absolute atomic E-state index is 0.0220. The van der Waals surface area contributed by atoms with E-state index in [1.165, 1.54) is 24.8 Å². The fourth-order valence-corrected chi connectivity index (χ4v) is 4.13. The summed E-state index contributed by atoms with van der Waals surface area (Å²) in [5, 5.41) is 26.8. The Balaban J connectivity index is 1.77. The molecule has 0 saturated heterocycles. The average Bonchev–Trinajstić information content (AvgIpc) is 3.15. The number of nitrogens with zero attached hydrogens (tertiary/aromatic N) is 4. The van der Waals surface area contributed by atoms with Crippen molar-refractivity contribution in [3.8, 4) is 17.0 Å². The summed E-state index contributed by atoms with van der Waals surface area (Å²) in [4.78, 5) is 27.6. The summed E-state index contributed by atoms with van der Waals surface area (Å²) in [7, 11) is 2.93. The molecule has 3 rings (SSSR count). The number of rotatable bonds is 8. The van der Waals surface area contributed by atoms with Crippen LogP contribution in [-0.2, 0) is 23.6 Å². The highest BCUT2D eigenvalue weighted by molar-refractivity contribution is 7.80. The first kappa shape index (κ1) is 27.7. The summed E-state index contributed by atoms with van der Waals surface area (Å²) in [6.07, 6.45) is 0.258. The Bertz CT molecular complexity index is 1390. The third kappa shape index (κ3) is 6.26. The molecule has 0 amide bonds. The molecule has 0 unspecified atom stereocenters. The van der Waals surface area contributed by atoms with Gasteiger partial charge in [-0.3, -0.25) is 19.8 Å². The number of aromatic nitrogens is 2. The lowest BCUT2D eigenvalue weighted by Crippen LogP contribution is -2.10. The van der Waals surface area contributed by atoms with E-state index < -0.39 is 10.9 Å². The van der Waals surface area contributed by atoms with Crippen LogP contribution in [0.2, 0.25) is 0 Å². The first-order valence-electron chi connectivity index (χ1n) is 11.6. The lowest BCUT2D eigenvalue weighted by Gasteiger charge is -2.19. The number of thiocarbonyl (C=S) groups is 1. The summed E-state index contributed by atoms with van der Waals surface area (Å²) in [6.45, 7) is 8.34. The molecule has 2 aromatic carbocycles. The number of nitro benzene ring substituents is 1. The molecule has 0 bridgehead atoms. The second-order valence-corrected chi connectivity index (χ2v) is 10.3. The van der Waals surface area contributed by atoms with E-state index in [4.69, 9.17) is 12.2 Å². The van der Waals surface area contributed by atoms with Crippen molar-refractivity contribution in [1.29, 1.82) is 0 Å². The normalized spacial score (nSPS) is 11.9. The number of esters is 1. The lowest BCUT2D eigenvalue weighted by atomic mass is 9.86. The van der Waals surface area contributed by atoms with Gasteiger partial charge in [0.2, 0.25) is 0 Å². The van der Waals surface area contributed by atoms with Crippen molar-refractivity contribution < 1.29 is 19.6 Å². The molecule has 0 spiro atoms.